The van der Waals surface area contributed by atoms with E-state index in [0.717, 1.165) is 15.6 Å². The summed E-state index contributed by atoms with van der Waals surface area (Å²) in [5.41, 5.74) is 2.93. The molecule has 1 N–H and O–H groups in total. The zero-order valence-corrected chi connectivity index (χ0v) is 20.3. The van der Waals surface area contributed by atoms with Crippen LogP contribution in [0, 0.1) is 6.92 Å². The van der Waals surface area contributed by atoms with Crippen LogP contribution in [0.5, 0.6) is 5.75 Å². The van der Waals surface area contributed by atoms with E-state index in [-0.39, 0.29) is 18.0 Å². The molecule has 9 heteroatoms. The molecule has 1 heterocycles. The van der Waals surface area contributed by atoms with Crippen LogP contribution in [-0.4, -0.2) is 37.5 Å². The van der Waals surface area contributed by atoms with Crippen molar-refractivity contribution in [3.63, 3.8) is 0 Å². The number of aryl methyl sites for hydroxylation is 1. The summed E-state index contributed by atoms with van der Waals surface area (Å²) >= 11 is 0. The first kappa shape index (κ1) is 24.0. The van der Waals surface area contributed by atoms with Crippen molar-refractivity contribution >= 4 is 21.6 Å². The summed E-state index contributed by atoms with van der Waals surface area (Å²) < 4.78 is 35.3. The Morgan fingerprint density at radius 2 is 1.80 bits per heavy atom. The number of anilines is 1. The molecular formula is C26H26N4O4S. The maximum atomic E-state index is 13.5. The molecule has 4 aromatic rings. The standard InChI is InChI=1S/C26H26N4O4S/c1-20-16-24(12-13-25(20)34-2)35(32,33)30(23-6-4-3-5-7-23)18-26(31)28-17-21-8-10-22(11-9-21)29-15-14-27-19-29/h3-16,19H,17-18H2,1-2H3,(H,28,31). The fraction of sp³-hybridized carbons (Fsp3) is 0.154. The van der Waals surface area contributed by atoms with E-state index in [1.807, 2.05) is 35.0 Å². The minimum absolute atomic E-state index is 0.0857. The molecular weight excluding hydrogens is 464 g/mol. The third-order valence-electron chi connectivity index (χ3n) is 5.51. The molecule has 0 atom stereocenters. The van der Waals surface area contributed by atoms with Crippen molar-refractivity contribution in [2.75, 3.05) is 18.0 Å². The lowest BCUT2D eigenvalue weighted by Crippen LogP contribution is -2.40. The Morgan fingerprint density at radius 1 is 1.06 bits per heavy atom. The van der Waals surface area contributed by atoms with Gasteiger partial charge in [0.25, 0.3) is 10.0 Å². The number of nitrogens with one attached hydrogen (secondary N) is 1. The van der Waals surface area contributed by atoms with Crippen LogP contribution in [0.2, 0.25) is 0 Å². The number of para-hydroxylation sites is 1. The van der Waals surface area contributed by atoms with Gasteiger partial charge >= 0.3 is 0 Å². The fourth-order valence-electron chi connectivity index (χ4n) is 3.63. The summed E-state index contributed by atoms with van der Waals surface area (Å²) in [5.74, 6) is 0.174. The van der Waals surface area contributed by atoms with E-state index in [0.29, 0.717) is 17.0 Å². The van der Waals surface area contributed by atoms with Gasteiger partial charge in [0.1, 0.15) is 12.3 Å². The van der Waals surface area contributed by atoms with E-state index in [2.05, 4.69) is 10.3 Å². The Bertz CT molecular complexity index is 1390. The van der Waals surface area contributed by atoms with Gasteiger partial charge in [-0.1, -0.05) is 30.3 Å². The van der Waals surface area contributed by atoms with E-state index in [4.69, 9.17) is 4.74 Å². The van der Waals surface area contributed by atoms with Crippen molar-refractivity contribution in [3.8, 4) is 11.4 Å². The summed E-state index contributed by atoms with van der Waals surface area (Å²) in [6.45, 7) is 1.69. The van der Waals surface area contributed by atoms with E-state index >= 15 is 0 Å². The molecule has 0 aliphatic rings. The van der Waals surface area contributed by atoms with Gasteiger partial charge < -0.3 is 14.6 Å². The fourth-order valence-corrected chi connectivity index (χ4v) is 5.14. The molecule has 0 saturated carbocycles. The highest BCUT2D eigenvalue weighted by Gasteiger charge is 2.27. The van der Waals surface area contributed by atoms with Crippen molar-refractivity contribution in [2.24, 2.45) is 0 Å². The second kappa shape index (κ2) is 10.4. The summed E-state index contributed by atoms with van der Waals surface area (Å²) in [5, 5.41) is 2.82. The third-order valence-corrected chi connectivity index (χ3v) is 7.28. The molecule has 0 unspecified atom stereocenters. The predicted octanol–water partition coefficient (Wildman–Crippen LogP) is 3.70. The number of benzene rings is 3. The molecule has 1 amide bonds. The first-order valence-electron chi connectivity index (χ1n) is 10.9. The summed E-state index contributed by atoms with van der Waals surface area (Å²) in [4.78, 5) is 17.0. The molecule has 0 bridgehead atoms. The van der Waals surface area contributed by atoms with Gasteiger partial charge in [-0.15, -0.1) is 0 Å². The summed E-state index contributed by atoms with van der Waals surface area (Å²) in [7, 11) is -2.47. The smallest absolute Gasteiger partial charge is 0.264 e. The molecule has 0 saturated heterocycles. The van der Waals surface area contributed by atoms with Crippen LogP contribution >= 0.6 is 0 Å². The number of amides is 1. The van der Waals surface area contributed by atoms with Crippen molar-refractivity contribution in [3.05, 3.63) is 103 Å². The molecule has 4 rings (SSSR count). The van der Waals surface area contributed by atoms with Crippen LogP contribution in [0.4, 0.5) is 5.69 Å². The minimum atomic E-state index is -4.00. The molecule has 0 aliphatic carbocycles. The third kappa shape index (κ3) is 5.52. The van der Waals surface area contributed by atoms with Gasteiger partial charge in [-0.3, -0.25) is 9.10 Å². The van der Waals surface area contributed by atoms with Crippen LogP contribution < -0.4 is 14.4 Å². The molecule has 3 aromatic carbocycles. The number of carbonyl (C=O) groups excluding carboxylic acids is 1. The second-order valence-corrected chi connectivity index (χ2v) is 9.75. The molecule has 0 fully saturated rings. The largest absolute Gasteiger partial charge is 0.496 e. The molecule has 0 spiro atoms. The van der Waals surface area contributed by atoms with Crippen molar-refractivity contribution in [1.29, 1.82) is 0 Å². The first-order chi connectivity index (χ1) is 16.9. The van der Waals surface area contributed by atoms with Crippen LogP contribution in [0.3, 0.4) is 0 Å². The van der Waals surface area contributed by atoms with E-state index in [1.54, 1.807) is 61.9 Å². The Morgan fingerprint density at radius 3 is 2.43 bits per heavy atom. The number of carbonyl (C=O) groups is 1. The van der Waals surface area contributed by atoms with Crippen molar-refractivity contribution in [2.45, 2.75) is 18.4 Å². The number of hydrogen-bond acceptors (Lipinski definition) is 5. The molecule has 1 aromatic heterocycles. The lowest BCUT2D eigenvalue weighted by molar-refractivity contribution is -0.119. The van der Waals surface area contributed by atoms with E-state index in [9.17, 15) is 13.2 Å². The molecule has 8 nitrogen and oxygen atoms in total. The summed E-state index contributed by atoms with van der Waals surface area (Å²) in [6, 6.07) is 20.9. The highest BCUT2D eigenvalue weighted by atomic mass is 32.2. The topological polar surface area (TPSA) is 93.5 Å². The number of hydrogen-bond donors (Lipinski definition) is 1. The Hall–Kier alpha value is -4.11. The van der Waals surface area contributed by atoms with Gasteiger partial charge in [-0.05, 0) is 60.5 Å². The molecule has 0 aliphatic heterocycles. The van der Waals surface area contributed by atoms with Gasteiger partial charge in [0.2, 0.25) is 5.91 Å². The molecule has 35 heavy (non-hydrogen) atoms. The summed E-state index contributed by atoms with van der Waals surface area (Å²) in [6.07, 6.45) is 5.26. The molecule has 180 valence electrons. The van der Waals surface area contributed by atoms with Gasteiger partial charge in [0.05, 0.1) is 24.0 Å². The first-order valence-corrected chi connectivity index (χ1v) is 12.4. The molecule has 0 radical (unpaired) electrons. The van der Waals surface area contributed by atoms with Crippen LogP contribution in [0.15, 0.2) is 96.4 Å². The number of imidazole rings is 1. The Kier molecular flexibility index (Phi) is 7.17. The second-order valence-electron chi connectivity index (χ2n) is 7.89. The highest BCUT2D eigenvalue weighted by molar-refractivity contribution is 7.92. The lowest BCUT2D eigenvalue weighted by atomic mass is 10.2. The maximum absolute atomic E-state index is 13.5. The maximum Gasteiger partial charge on any atom is 0.264 e. The number of ether oxygens (including phenoxy) is 1. The SMILES string of the molecule is COc1ccc(S(=O)(=O)N(CC(=O)NCc2ccc(-n3ccnc3)cc2)c2ccccc2)cc1C. The average molecular weight is 491 g/mol. The van der Waals surface area contributed by atoms with E-state index in [1.165, 1.54) is 13.2 Å². The van der Waals surface area contributed by atoms with Gasteiger partial charge in [0.15, 0.2) is 0 Å². The van der Waals surface area contributed by atoms with Crippen LogP contribution in [-0.2, 0) is 21.4 Å². The monoisotopic (exact) mass is 490 g/mol. The number of nitrogens with zero attached hydrogens (tertiary/aromatic N) is 3. The zero-order chi connectivity index (χ0) is 24.8. The number of sulfonamides is 1. The average Bonchev–Trinajstić information content (AvgIpc) is 3.42. The predicted molar refractivity (Wildman–Crippen MR) is 134 cm³/mol. The van der Waals surface area contributed by atoms with Gasteiger partial charge in [0, 0.05) is 24.6 Å². The van der Waals surface area contributed by atoms with Crippen molar-refractivity contribution < 1.29 is 17.9 Å². The number of rotatable bonds is 9. The van der Waals surface area contributed by atoms with Gasteiger partial charge in [-0.25, -0.2) is 13.4 Å². The quantitative estimate of drug-likeness (QED) is 0.386. The number of methoxy groups -OCH3 is 1. The normalized spacial score (nSPS) is 11.1. The van der Waals surface area contributed by atoms with Crippen LogP contribution in [0.25, 0.3) is 5.69 Å². The Labute approximate surface area is 204 Å². The van der Waals surface area contributed by atoms with Crippen LogP contribution in [0.1, 0.15) is 11.1 Å². The Balaban J connectivity index is 1.51. The van der Waals surface area contributed by atoms with Gasteiger partial charge in [-0.2, -0.15) is 0 Å². The minimum Gasteiger partial charge on any atom is -0.496 e. The van der Waals surface area contributed by atoms with E-state index < -0.39 is 15.9 Å². The lowest BCUT2D eigenvalue weighted by Gasteiger charge is -2.24. The van der Waals surface area contributed by atoms with Crippen molar-refractivity contribution in [1.82, 2.24) is 14.9 Å². The zero-order valence-electron chi connectivity index (χ0n) is 19.5. The highest BCUT2D eigenvalue weighted by Crippen LogP contribution is 2.27. The number of aromatic nitrogens is 2.